The standard InChI is InChI=1S/Mn.3Na.2H3O4P/c;;;;2*1-5(2,3)4/h;;;;2*(H3,1,2,3,4)/q+2;3*+1;;/p-5. The Morgan fingerprint density at radius 3 is 0.786 bits per heavy atom. The fourth-order valence-electron chi connectivity index (χ4n) is 0. The van der Waals surface area contributed by atoms with Gasteiger partial charge in [0.25, 0.3) is 0 Å². The molecule has 0 saturated heterocycles. The molecule has 14 heteroatoms. The van der Waals surface area contributed by atoms with Crippen LogP contribution in [0.1, 0.15) is 0 Å². The van der Waals surface area contributed by atoms with Gasteiger partial charge in [0.05, 0.1) is 7.82 Å². The summed E-state index contributed by atoms with van der Waals surface area (Å²) in [4.78, 5) is 49.9. The van der Waals surface area contributed by atoms with Crippen molar-refractivity contribution in [3.8, 4) is 0 Å². The van der Waals surface area contributed by atoms with Crippen molar-refractivity contribution >= 4 is 15.6 Å². The van der Waals surface area contributed by atoms with Crippen LogP contribution in [0, 0.1) is 0 Å². The van der Waals surface area contributed by atoms with E-state index in [0.29, 0.717) is 0 Å². The van der Waals surface area contributed by atoms with Crippen LogP contribution < -0.4 is 113 Å². The quantitative estimate of drug-likeness (QED) is 0.339. The average molecular weight is 315 g/mol. The Kier molecular flexibility index (Phi) is 43.1. The number of phosphoric acid groups is 2. The predicted molar refractivity (Wildman–Crippen MR) is 17.4 cm³/mol. The third-order valence-corrected chi connectivity index (χ3v) is 0. The Morgan fingerprint density at radius 2 is 0.786 bits per heavy atom. The molecule has 0 aromatic carbocycles. The summed E-state index contributed by atoms with van der Waals surface area (Å²) in [5, 5.41) is 0. The molecule has 8 nitrogen and oxygen atoms in total. The Morgan fingerprint density at radius 1 is 0.786 bits per heavy atom. The molecule has 0 fully saturated rings. The first kappa shape index (κ1) is 36.1. The van der Waals surface area contributed by atoms with Crippen LogP contribution >= 0.6 is 15.6 Å². The molecule has 0 atom stereocenters. The third-order valence-electron chi connectivity index (χ3n) is 0. The van der Waals surface area contributed by atoms with Crippen LogP contribution in [0.25, 0.3) is 0 Å². The number of hydrogen-bond acceptors (Lipinski definition) is 7. The molecule has 0 bridgehead atoms. The van der Waals surface area contributed by atoms with Crippen molar-refractivity contribution in [2.24, 2.45) is 0 Å². The first-order valence-electron chi connectivity index (χ1n) is 1.48. The Bertz CT molecular complexity index is 135. The van der Waals surface area contributed by atoms with Crippen LogP contribution in [0.4, 0.5) is 0 Å². The van der Waals surface area contributed by atoms with Crippen LogP contribution in [0.2, 0.25) is 0 Å². The Balaban J connectivity index is -0.0000000178. The normalized spacial score (nSPS) is 8.43. The summed E-state index contributed by atoms with van der Waals surface area (Å²) in [6.45, 7) is 0. The molecule has 14 heavy (non-hydrogen) atoms. The van der Waals surface area contributed by atoms with Crippen molar-refractivity contribution in [1.29, 1.82) is 0 Å². The minimum Gasteiger partial charge on any atom is -0.822 e. The Hall–Kier alpha value is 3.74. The zero-order valence-corrected chi connectivity index (χ0v) is 16.5. The first-order chi connectivity index (χ1) is 4.00. The molecule has 0 aromatic heterocycles. The summed E-state index contributed by atoms with van der Waals surface area (Å²) >= 11 is 0. The molecule has 0 rings (SSSR count). The van der Waals surface area contributed by atoms with E-state index in [9.17, 15) is 0 Å². The molecule has 0 aromatic rings. The molecule has 1 N–H and O–H groups in total. The molecule has 1 radical (unpaired) electrons. The topological polar surface area (TPSA) is 170 Å². The van der Waals surface area contributed by atoms with E-state index in [2.05, 4.69) is 0 Å². The maximum atomic E-state index is 8.66. The van der Waals surface area contributed by atoms with Gasteiger partial charge in [-0.15, -0.1) is 0 Å². The molecular formula is HMnNa3O8P2. The summed E-state index contributed by atoms with van der Waals surface area (Å²) in [6, 6.07) is 0. The zero-order valence-electron chi connectivity index (χ0n) is 7.58. The van der Waals surface area contributed by atoms with E-state index in [1.807, 2.05) is 0 Å². The minimum atomic E-state index is -5.39. The van der Waals surface area contributed by atoms with E-state index in [0.717, 1.165) is 0 Å². The second kappa shape index (κ2) is 16.7. The second-order valence-electron chi connectivity index (χ2n) is 0.916. The van der Waals surface area contributed by atoms with Gasteiger partial charge < -0.3 is 38.5 Å². The van der Waals surface area contributed by atoms with Crippen molar-refractivity contribution < 1.29 is 144 Å². The van der Waals surface area contributed by atoms with Crippen molar-refractivity contribution in [3.05, 3.63) is 0 Å². The van der Waals surface area contributed by atoms with Crippen LogP contribution in [-0.4, -0.2) is 4.89 Å². The van der Waals surface area contributed by atoms with Crippen molar-refractivity contribution in [3.63, 3.8) is 0 Å². The van der Waals surface area contributed by atoms with Crippen LogP contribution in [0.3, 0.4) is 0 Å². The third kappa shape index (κ3) is 245. The summed E-state index contributed by atoms with van der Waals surface area (Å²) < 4.78 is 17.2. The Labute approximate surface area is 157 Å². The van der Waals surface area contributed by atoms with Gasteiger partial charge in [-0.25, -0.2) is 0 Å². The van der Waals surface area contributed by atoms with Gasteiger partial charge in [0.2, 0.25) is 0 Å². The van der Waals surface area contributed by atoms with Crippen LogP contribution in [0.15, 0.2) is 0 Å². The van der Waals surface area contributed by atoms with Crippen molar-refractivity contribution in [2.75, 3.05) is 0 Å². The van der Waals surface area contributed by atoms with E-state index < -0.39 is 15.6 Å². The molecule has 0 spiro atoms. The van der Waals surface area contributed by atoms with Gasteiger partial charge in [-0.05, 0) is 0 Å². The second-order valence-corrected chi connectivity index (χ2v) is 2.75. The predicted octanol–water partition coefficient (Wildman–Crippen LogP) is -14.0. The van der Waals surface area contributed by atoms with E-state index in [-0.39, 0.29) is 106 Å². The van der Waals surface area contributed by atoms with Gasteiger partial charge in [0, 0.05) is 0 Å². The van der Waals surface area contributed by atoms with Gasteiger partial charge in [-0.1, -0.05) is 0 Å². The van der Waals surface area contributed by atoms with E-state index >= 15 is 0 Å². The van der Waals surface area contributed by atoms with Gasteiger partial charge in [-0.2, -0.15) is 7.82 Å². The van der Waals surface area contributed by atoms with Gasteiger partial charge >= 0.3 is 106 Å². The molecule has 0 aliphatic rings. The van der Waals surface area contributed by atoms with Crippen molar-refractivity contribution in [2.45, 2.75) is 0 Å². The largest absolute Gasteiger partial charge is 2.00 e. The summed E-state index contributed by atoms with van der Waals surface area (Å²) in [5.74, 6) is 0. The van der Waals surface area contributed by atoms with E-state index in [1.165, 1.54) is 0 Å². The molecule has 0 aliphatic heterocycles. The number of hydrogen-bond donors (Lipinski definition) is 1. The fourth-order valence-corrected chi connectivity index (χ4v) is 0. The number of rotatable bonds is 0. The molecular weight excluding hydrogens is 314 g/mol. The summed E-state index contributed by atoms with van der Waals surface area (Å²) in [6.07, 6.45) is 0. The molecule has 0 amide bonds. The van der Waals surface area contributed by atoms with E-state index in [4.69, 9.17) is 38.5 Å². The summed E-state index contributed by atoms with van der Waals surface area (Å²) in [5.41, 5.74) is 0. The molecule has 0 unspecified atom stereocenters. The SMILES string of the molecule is O=P([O-])([O-])O.O=P([O-])([O-])[O-].[Mn+2].[Na+].[Na+].[Na+]. The first-order valence-corrected chi connectivity index (χ1v) is 4.43. The van der Waals surface area contributed by atoms with Gasteiger partial charge in [0.15, 0.2) is 0 Å². The van der Waals surface area contributed by atoms with E-state index in [1.54, 1.807) is 0 Å². The van der Waals surface area contributed by atoms with Crippen LogP contribution in [0.5, 0.6) is 0 Å². The van der Waals surface area contributed by atoms with Gasteiger partial charge in [-0.3, -0.25) is 0 Å². The van der Waals surface area contributed by atoms with Gasteiger partial charge in [0.1, 0.15) is 0 Å². The molecule has 0 aliphatic carbocycles. The molecule has 69 valence electrons. The maximum Gasteiger partial charge on any atom is 2.00 e. The monoisotopic (exact) mass is 315 g/mol. The molecule has 0 saturated carbocycles. The zero-order chi connectivity index (χ0) is 9.00. The average Bonchev–Trinajstić information content (AvgIpc) is 1.12. The minimum absolute atomic E-state index is 0. The smallest absolute Gasteiger partial charge is 0.822 e. The summed E-state index contributed by atoms with van der Waals surface area (Å²) in [7, 11) is -10.5. The van der Waals surface area contributed by atoms with Crippen molar-refractivity contribution in [1.82, 2.24) is 0 Å². The van der Waals surface area contributed by atoms with Crippen LogP contribution in [-0.2, 0) is 26.2 Å². The molecule has 0 heterocycles. The maximum absolute atomic E-state index is 8.66. The fraction of sp³-hybridized carbons (Fsp3) is 0.